The molecule has 0 saturated carbocycles. The fourth-order valence-corrected chi connectivity index (χ4v) is 2.44. The van der Waals surface area contributed by atoms with Gasteiger partial charge in [-0.2, -0.15) is 0 Å². The van der Waals surface area contributed by atoms with Gasteiger partial charge in [0, 0.05) is 16.1 Å². The smallest absolute Gasteiger partial charge is 0.0468 e. The first-order valence-corrected chi connectivity index (χ1v) is 5.71. The highest BCUT2D eigenvalue weighted by Gasteiger charge is 2.16. The van der Waals surface area contributed by atoms with Crippen LogP contribution >= 0.6 is 35.6 Å². The SMILES string of the molecule is Cl.Clc1ccc([C@H]2CCCCN2)c(Cl)c1. The van der Waals surface area contributed by atoms with Crippen molar-refractivity contribution in [3.63, 3.8) is 0 Å². The Bertz CT molecular complexity index is 322. The highest BCUT2D eigenvalue weighted by Crippen LogP contribution is 2.30. The Kier molecular flexibility index (Phi) is 5.20. The van der Waals surface area contributed by atoms with Gasteiger partial charge in [-0.05, 0) is 37.1 Å². The zero-order valence-corrected chi connectivity index (χ0v) is 10.6. The molecule has 0 radical (unpaired) electrons. The van der Waals surface area contributed by atoms with Crippen LogP contribution in [0.25, 0.3) is 0 Å². The second kappa shape index (κ2) is 5.95. The summed E-state index contributed by atoms with van der Waals surface area (Å²) in [6.45, 7) is 1.09. The molecule has 1 aromatic carbocycles. The summed E-state index contributed by atoms with van der Waals surface area (Å²) in [4.78, 5) is 0. The lowest BCUT2D eigenvalue weighted by atomic mass is 9.98. The second-order valence-corrected chi connectivity index (χ2v) is 4.51. The van der Waals surface area contributed by atoms with E-state index in [9.17, 15) is 0 Å². The predicted molar refractivity (Wildman–Crippen MR) is 68.3 cm³/mol. The maximum absolute atomic E-state index is 6.14. The van der Waals surface area contributed by atoms with Gasteiger partial charge >= 0.3 is 0 Å². The number of nitrogens with one attached hydrogen (secondary N) is 1. The van der Waals surface area contributed by atoms with Crippen LogP contribution in [0.1, 0.15) is 30.9 Å². The molecule has 1 aromatic rings. The topological polar surface area (TPSA) is 12.0 Å². The Labute approximate surface area is 107 Å². The number of hydrogen-bond acceptors (Lipinski definition) is 1. The molecule has 1 aliphatic heterocycles. The lowest BCUT2D eigenvalue weighted by Gasteiger charge is -2.24. The number of hydrogen-bond donors (Lipinski definition) is 1. The monoisotopic (exact) mass is 265 g/mol. The van der Waals surface area contributed by atoms with E-state index in [2.05, 4.69) is 5.32 Å². The number of rotatable bonds is 1. The minimum absolute atomic E-state index is 0. The fraction of sp³-hybridized carbons (Fsp3) is 0.455. The third kappa shape index (κ3) is 3.25. The summed E-state index contributed by atoms with van der Waals surface area (Å²) in [6.07, 6.45) is 3.71. The van der Waals surface area contributed by atoms with Crippen LogP contribution in [0.3, 0.4) is 0 Å². The van der Waals surface area contributed by atoms with Gasteiger partial charge in [0.1, 0.15) is 0 Å². The minimum Gasteiger partial charge on any atom is -0.310 e. The van der Waals surface area contributed by atoms with Gasteiger partial charge in [0.05, 0.1) is 0 Å². The number of benzene rings is 1. The summed E-state index contributed by atoms with van der Waals surface area (Å²) in [6, 6.07) is 6.15. The summed E-state index contributed by atoms with van der Waals surface area (Å²) in [5.74, 6) is 0. The van der Waals surface area contributed by atoms with E-state index in [1.165, 1.54) is 24.8 Å². The number of halogens is 3. The first-order valence-electron chi connectivity index (χ1n) is 4.96. The van der Waals surface area contributed by atoms with Crippen molar-refractivity contribution in [3.05, 3.63) is 33.8 Å². The molecule has 2 rings (SSSR count). The normalized spacial score (nSPS) is 20.8. The fourth-order valence-electron chi connectivity index (χ4n) is 1.90. The molecule has 1 fully saturated rings. The molecule has 0 aromatic heterocycles. The van der Waals surface area contributed by atoms with Gasteiger partial charge in [0.2, 0.25) is 0 Å². The van der Waals surface area contributed by atoms with E-state index in [0.717, 1.165) is 11.6 Å². The molecular formula is C11H14Cl3N. The molecule has 0 unspecified atom stereocenters. The summed E-state index contributed by atoms with van der Waals surface area (Å²) in [7, 11) is 0. The standard InChI is InChI=1S/C11H13Cl2N.ClH/c12-8-4-5-9(10(13)7-8)11-3-1-2-6-14-11;/h4-5,7,11,14H,1-3,6H2;1H/t11-;/m1./s1. The molecule has 1 atom stereocenters. The van der Waals surface area contributed by atoms with E-state index < -0.39 is 0 Å². The average molecular weight is 267 g/mol. The van der Waals surface area contributed by atoms with E-state index in [-0.39, 0.29) is 12.4 Å². The number of piperidine rings is 1. The molecule has 0 bridgehead atoms. The third-order valence-corrected chi connectivity index (χ3v) is 3.21. The minimum atomic E-state index is 0. The van der Waals surface area contributed by atoms with Crippen molar-refractivity contribution in [2.45, 2.75) is 25.3 Å². The van der Waals surface area contributed by atoms with E-state index in [1.54, 1.807) is 0 Å². The van der Waals surface area contributed by atoms with Gasteiger partial charge in [-0.3, -0.25) is 0 Å². The van der Waals surface area contributed by atoms with E-state index in [4.69, 9.17) is 23.2 Å². The third-order valence-electron chi connectivity index (χ3n) is 2.65. The highest BCUT2D eigenvalue weighted by molar-refractivity contribution is 6.35. The lowest BCUT2D eigenvalue weighted by Crippen LogP contribution is -2.26. The largest absolute Gasteiger partial charge is 0.310 e. The van der Waals surface area contributed by atoms with E-state index in [0.29, 0.717) is 11.1 Å². The first-order chi connectivity index (χ1) is 6.77. The highest BCUT2D eigenvalue weighted by atomic mass is 35.5. The molecule has 1 heterocycles. The second-order valence-electron chi connectivity index (χ2n) is 3.67. The van der Waals surface area contributed by atoms with Crippen molar-refractivity contribution in [2.75, 3.05) is 6.54 Å². The molecular weight excluding hydrogens is 252 g/mol. The van der Waals surface area contributed by atoms with Crippen molar-refractivity contribution in [3.8, 4) is 0 Å². The molecule has 4 heteroatoms. The van der Waals surface area contributed by atoms with Crippen molar-refractivity contribution >= 4 is 35.6 Å². The lowest BCUT2D eigenvalue weighted by molar-refractivity contribution is 0.412. The van der Waals surface area contributed by atoms with Crippen LogP contribution in [0.5, 0.6) is 0 Å². The molecule has 15 heavy (non-hydrogen) atoms. The Morgan fingerprint density at radius 3 is 2.60 bits per heavy atom. The maximum Gasteiger partial charge on any atom is 0.0468 e. The summed E-state index contributed by atoms with van der Waals surface area (Å²) in [5, 5.41) is 4.95. The zero-order chi connectivity index (χ0) is 9.97. The molecule has 1 nitrogen and oxygen atoms in total. The van der Waals surface area contributed by atoms with E-state index >= 15 is 0 Å². The quantitative estimate of drug-likeness (QED) is 0.802. The molecule has 0 aliphatic carbocycles. The first kappa shape index (κ1) is 13.1. The summed E-state index contributed by atoms with van der Waals surface area (Å²) >= 11 is 12.0. The molecule has 84 valence electrons. The molecule has 0 spiro atoms. The van der Waals surface area contributed by atoms with Crippen LogP contribution in [0.15, 0.2) is 18.2 Å². The van der Waals surface area contributed by atoms with E-state index in [1.807, 2.05) is 18.2 Å². The Balaban J connectivity index is 0.00000112. The molecule has 1 N–H and O–H groups in total. The van der Waals surface area contributed by atoms with Crippen LogP contribution in [-0.4, -0.2) is 6.54 Å². The maximum atomic E-state index is 6.14. The van der Waals surface area contributed by atoms with Crippen molar-refractivity contribution in [1.29, 1.82) is 0 Å². The average Bonchev–Trinajstić information content (AvgIpc) is 2.19. The van der Waals surface area contributed by atoms with Crippen LogP contribution < -0.4 is 5.32 Å². The predicted octanol–water partition coefficient (Wildman–Crippen LogP) is 4.23. The Morgan fingerprint density at radius 2 is 2.00 bits per heavy atom. The molecule has 1 aliphatic rings. The van der Waals surface area contributed by atoms with Gasteiger partial charge in [-0.1, -0.05) is 35.7 Å². The van der Waals surface area contributed by atoms with Crippen molar-refractivity contribution < 1.29 is 0 Å². The van der Waals surface area contributed by atoms with Crippen molar-refractivity contribution in [2.24, 2.45) is 0 Å². The van der Waals surface area contributed by atoms with Crippen molar-refractivity contribution in [1.82, 2.24) is 5.32 Å². The van der Waals surface area contributed by atoms with Gasteiger partial charge in [-0.15, -0.1) is 12.4 Å². The van der Waals surface area contributed by atoms with Gasteiger partial charge in [0.15, 0.2) is 0 Å². The van der Waals surface area contributed by atoms with Crippen LogP contribution in [-0.2, 0) is 0 Å². The molecule has 1 saturated heterocycles. The zero-order valence-electron chi connectivity index (χ0n) is 8.30. The van der Waals surface area contributed by atoms with Crippen LogP contribution in [0.2, 0.25) is 10.0 Å². The van der Waals surface area contributed by atoms with Gasteiger partial charge in [0.25, 0.3) is 0 Å². The Morgan fingerprint density at radius 1 is 1.20 bits per heavy atom. The molecule has 0 amide bonds. The van der Waals surface area contributed by atoms with Crippen LogP contribution in [0.4, 0.5) is 0 Å². The van der Waals surface area contributed by atoms with Gasteiger partial charge in [-0.25, -0.2) is 0 Å². The summed E-state index contributed by atoms with van der Waals surface area (Å²) < 4.78 is 0. The van der Waals surface area contributed by atoms with Crippen LogP contribution in [0, 0.1) is 0 Å². The summed E-state index contributed by atoms with van der Waals surface area (Å²) in [5.41, 5.74) is 1.18. The Hall–Kier alpha value is 0.0500. The van der Waals surface area contributed by atoms with Gasteiger partial charge < -0.3 is 5.32 Å².